The van der Waals surface area contributed by atoms with Gasteiger partial charge < -0.3 is 5.32 Å². The van der Waals surface area contributed by atoms with Crippen molar-refractivity contribution in [3.05, 3.63) is 0 Å². The van der Waals surface area contributed by atoms with Crippen LogP contribution in [0.4, 0.5) is 0 Å². The van der Waals surface area contributed by atoms with Crippen LogP contribution in [0.25, 0.3) is 0 Å². The average molecular weight is 243 g/mol. The van der Waals surface area contributed by atoms with Gasteiger partial charge in [0.15, 0.2) is 0 Å². The quantitative estimate of drug-likeness (QED) is 0.798. The average Bonchev–Trinajstić information content (AvgIpc) is 2.14. The summed E-state index contributed by atoms with van der Waals surface area (Å²) >= 11 is 2.07. The van der Waals surface area contributed by atoms with Gasteiger partial charge in [-0.1, -0.05) is 40.5 Å². The molecule has 3 atom stereocenters. The van der Waals surface area contributed by atoms with Crippen LogP contribution in [0.3, 0.4) is 0 Å². The Morgan fingerprint density at radius 2 is 2.00 bits per heavy atom. The normalized spacial score (nSPS) is 29.1. The first-order valence-corrected chi connectivity index (χ1v) is 7.75. The maximum atomic E-state index is 3.80. The second kappa shape index (κ2) is 6.30. The Morgan fingerprint density at radius 3 is 2.56 bits per heavy atom. The van der Waals surface area contributed by atoms with Crippen molar-refractivity contribution in [3.63, 3.8) is 0 Å². The van der Waals surface area contributed by atoms with Crippen LogP contribution in [0, 0.1) is 5.92 Å². The topological polar surface area (TPSA) is 12.0 Å². The second-order valence-electron chi connectivity index (χ2n) is 6.46. The second-order valence-corrected chi connectivity index (χ2v) is 8.31. The lowest BCUT2D eigenvalue weighted by atomic mass is 9.87. The summed E-state index contributed by atoms with van der Waals surface area (Å²) in [6, 6.07) is 1.43. The summed E-state index contributed by atoms with van der Waals surface area (Å²) < 4.78 is 0.399. The molecule has 0 aromatic heterocycles. The van der Waals surface area contributed by atoms with Crippen LogP contribution >= 0.6 is 11.8 Å². The molecule has 1 aliphatic carbocycles. The van der Waals surface area contributed by atoms with Gasteiger partial charge in [-0.15, -0.1) is 0 Å². The monoisotopic (exact) mass is 243 g/mol. The number of rotatable bonds is 4. The SMILES string of the molecule is CC1CCCC(NC(C)CSC(C)(C)C)C1. The van der Waals surface area contributed by atoms with E-state index in [1.807, 2.05) is 0 Å². The minimum absolute atomic E-state index is 0.399. The lowest BCUT2D eigenvalue weighted by Gasteiger charge is -2.31. The lowest BCUT2D eigenvalue weighted by molar-refractivity contribution is 0.289. The molecule has 1 aliphatic rings. The van der Waals surface area contributed by atoms with Crippen molar-refractivity contribution in [2.75, 3.05) is 5.75 Å². The number of hydrogen-bond acceptors (Lipinski definition) is 2. The summed E-state index contributed by atoms with van der Waals surface area (Å²) in [5.74, 6) is 2.16. The van der Waals surface area contributed by atoms with Crippen molar-refractivity contribution in [3.8, 4) is 0 Å². The Kier molecular flexibility index (Phi) is 5.66. The van der Waals surface area contributed by atoms with Crippen molar-refractivity contribution in [2.24, 2.45) is 5.92 Å². The van der Waals surface area contributed by atoms with Gasteiger partial charge >= 0.3 is 0 Å². The molecule has 1 fully saturated rings. The van der Waals surface area contributed by atoms with Crippen LogP contribution < -0.4 is 5.32 Å². The Hall–Kier alpha value is 0.310. The zero-order chi connectivity index (χ0) is 12.2. The first-order chi connectivity index (χ1) is 7.37. The van der Waals surface area contributed by atoms with Gasteiger partial charge in [0.25, 0.3) is 0 Å². The molecule has 3 unspecified atom stereocenters. The molecule has 1 rings (SSSR count). The third kappa shape index (κ3) is 6.15. The van der Waals surface area contributed by atoms with E-state index in [-0.39, 0.29) is 0 Å². The standard InChI is InChI=1S/C14H29NS/c1-11-7-6-8-13(9-11)15-12(2)10-16-14(3,4)5/h11-13,15H,6-10H2,1-5H3. The van der Waals surface area contributed by atoms with E-state index in [1.54, 1.807) is 0 Å². The smallest absolute Gasteiger partial charge is 0.0132 e. The first kappa shape index (κ1) is 14.4. The van der Waals surface area contributed by atoms with E-state index >= 15 is 0 Å². The number of nitrogens with one attached hydrogen (secondary N) is 1. The van der Waals surface area contributed by atoms with Gasteiger partial charge in [0.05, 0.1) is 0 Å². The van der Waals surface area contributed by atoms with E-state index in [4.69, 9.17) is 0 Å². The molecular weight excluding hydrogens is 214 g/mol. The summed E-state index contributed by atoms with van der Waals surface area (Å²) in [4.78, 5) is 0. The van der Waals surface area contributed by atoms with Crippen molar-refractivity contribution in [1.82, 2.24) is 5.32 Å². The maximum Gasteiger partial charge on any atom is 0.0132 e. The van der Waals surface area contributed by atoms with E-state index in [2.05, 4.69) is 51.7 Å². The predicted octanol–water partition coefficient (Wildman–Crippen LogP) is 4.07. The molecule has 0 radical (unpaired) electrons. The van der Waals surface area contributed by atoms with Crippen LogP contribution in [-0.4, -0.2) is 22.6 Å². The molecule has 16 heavy (non-hydrogen) atoms. The Labute approximate surface area is 106 Å². The van der Waals surface area contributed by atoms with E-state index in [9.17, 15) is 0 Å². The fourth-order valence-electron chi connectivity index (χ4n) is 2.41. The molecule has 0 heterocycles. The highest BCUT2D eigenvalue weighted by Gasteiger charge is 2.20. The molecular formula is C14H29NS. The van der Waals surface area contributed by atoms with Gasteiger partial charge in [0.1, 0.15) is 0 Å². The summed E-state index contributed by atoms with van der Waals surface area (Å²) in [5, 5.41) is 3.80. The van der Waals surface area contributed by atoms with Gasteiger partial charge in [-0.3, -0.25) is 0 Å². The molecule has 2 heteroatoms. The molecule has 0 aromatic carbocycles. The predicted molar refractivity (Wildman–Crippen MR) is 76.2 cm³/mol. The zero-order valence-electron chi connectivity index (χ0n) is 11.7. The maximum absolute atomic E-state index is 3.80. The molecule has 0 spiro atoms. The molecule has 0 amide bonds. The van der Waals surface area contributed by atoms with Crippen LogP contribution in [0.2, 0.25) is 0 Å². The van der Waals surface area contributed by atoms with Gasteiger partial charge in [0.2, 0.25) is 0 Å². The molecule has 0 aromatic rings. The van der Waals surface area contributed by atoms with E-state index in [1.165, 1.54) is 31.4 Å². The zero-order valence-corrected chi connectivity index (χ0v) is 12.5. The molecule has 96 valence electrons. The van der Waals surface area contributed by atoms with Crippen molar-refractivity contribution >= 4 is 11.8 Å². The molecule has 1 saturated carbocycles. The van der Waals surface area contributed by atoms with Crippen molar-refractivity contribution in [2.45, 2.75) is 77.1 Å². The number of hydrogen-bond donors (Lipinski definition) is 1. The Balaban J connectivity index is 2.20. The molecule has 1 nitrogen and oxygen atoms in total. The van der Waals surface area contributed by atoms with E-state index in [0.29, 0.717) is 10.8 Å². The summed E-state index contributed by atoms with van der Waals surface area (Å²) in [6.07, 6.45) is 5.61. The molecule has 0 aliphatic heterocycles. The molecule has 1 N–H and O–H groups in total. The third-order valence-corrected chi connectivity index (χ3v) is 4.76. The molecule has 0 bridgehead atoms. The lowest BCUT2D eigenvalue weighted by Crippen LogP contribution is -2.41. The highest BCUT2D eigenvalue weighted by atomic mass is 32.2. The summed E-state index contributed by atoms with van der Waals surface area (Å²) in [5.41, 5.74) is 0. The molecule has 0 saturated heterocycles. The summed E-state index contributed by atoms with van der Waals surface area (Å²) in [7, 11) is 0. The van der Waals surface area contributed by atoms with Gasteiger partial charge in [0, 0.05) is 22.6 Å². The van der Waals surface area contributed by atoms with Crippen molar-refractivity contribution < 1.29 is 0 Å². The first-order valence-electron chi connectivity index (χ1n) is 6.77. The minimum atomic E-state index is 0.399. The highest BCUT2D eigenvalue weighted by molar-refractivity contribution is 8.00. The van der Waals surface area contributed by atoms with E-state index < -0.39 is 0 Å². The van der Waals surface area contributed by atoms with E-state index in [0.717, 1.165) is 12.0 Å². The van der Waals surface area contributed by atoms with Crippen LogP contribution in [0.1, 0.15) is 60.3 Å². The van der Waals surface area contributed by atoms with Crippen LogP contribution in [0.5, 0.6) is 0 Å². The van der Waals surface area contributed by atoms with Crippen LogP contribution in [0.15, 0.2) is 0 Å². The van der Waals surface area contributed by atoms with Crippen LogP contribution in [-0.2, 0) is 0 Å². The fourth-order valence-corrected chi connectivity index (χ4v) is 3.26. The Morgan fingerprint density at radius 1 is 1.31 bits per heavy atom. The number of thioether (sulfide) groups is 1. The highest BCUT2D eigenvalue weighted by Crippen LogP contribution is 2.26. The Bertz CT molecular complexity index is 197. The fraction of sp³-hybridized carbons (Fsp3) is 1.00. The van der Waals surface area contributed by atoms with Gasteiger partial charge in [-0.05, 0) is 25.7 Å². The van der Waals surface area contributed by atoms with Crippen molar-refractivity contribution in [1.29, 1.82) is 0 Å². The minimum Gasteiger partial charge on any atom is -0.311 e. The van der Waals surface area contributed by atoms with Gasteiger partial charge in [-0.2, -0.15) is 11.8 Å². The summed E-state index contributed by atoms with van der Waals surface area (Å²) in [6.45, 7) is 11.6. The van der Waals surface area contributed by atoms with Gasteiger partial charge in [-0.25, -0.2) is 0 Å². The third-order valence-electron chi connectivity index (χ3n) is 3.22. The largest absolute Gasteiger partial charge is 0.311 e.